The van der Waals surface area contributed by atoms with Crippen LogP contribution in [0.1, 0.15) is 31.1 Å². The van der Waals surface area contributed by atoms with E-state index < -0.39 is 28.6 Å². The molecule has 1 atom stereocenters. The highest BCUT2D eigenvalue weighted by Crippen LogP contribution is 2.24. The predicted octanol–water partition coefficient (Wildman–Crippen LogP) is 2.98. The summed E-state index contributed by atoms with van der Waals surface area (Å²) in [6.07, 6.45) is 0. The fourth-order valence-electron chi connectivity index (χ4n) is 2.97. The van der Waals surface area contributed by atoms with Crippen LogP contribution < -0.4 is 0 Å². The van der Waals surface area contributed by atoms with Gasteiger partial charge in [0.2, 0.25) is 0 Å². The maximum absolute atomic E-state index is 12.6. The number of amides is 2. The zero-order valence-corrected chi connectivity index (χ0v) is 14.4. The summed E-state index contributed by atoms with van der Waals surface area (Å²) >= 11 is 0. The van der Waals surface area contributed by atoms with Crippen molar-refractivity contribution in [2.75, 3.05) is 5.75 Å². The second-order valence-electron chi connectivity index (χ2n) is 5.90. The molecule has 1 aliphatic rings. The first-order chi connectivity index (χ1) is 12.6. The topological polar surface area (TPSA) is 71.5 Å². The van der Waals surface area contributed by atoms with Crippen molar-refractivity contribution >= 4 is 39.4 Å². The van der Waals surface area contributed by atoms with Crippen molar-refractivity contribution in [3.8, 4) is 0 Å². The van der Waals surface area contributed by atoms with Gasteiger partial charge in [0.25, 0.3) is 11.8 Å². The first-order valence-electron chi connectivity index (χ1n) is 7.94. The van der Waals surface area contributed by atoms with Crippen LogP contribution >= 0.6 is 0 Å². The average molecular weight is 363 g/mol. The maximum atomic E-state index is 12.6. The number of carbonyl (C=O) groups is 3. The summed E-state index contributed by atoms with van der Waals surface area (Å²) in [7, 11) is -2.06. The number of rotatable bonds is 4. The van der Waals surface area contributed by atoms with Gasteiger partial charge < -0.3 is 0 Å². The molecule has 0 aliphatic carbocycles. The van der Waals surface area contributed by atoms with E-state index in [4.69, 9.17) is 0 Å². The molecule has 3 aromatic carbocycles. The first-order valence-corrected chi connectivity index (χ1v) is 9.22. The van der Waals surface area contributed by atoms with E-state index in [1.54, 1.807) is 24.3 Å². The number of benzene rings is 3. The van der Waals surface area contributed by atoms with E-state index in [1.807, 2.05) is 30.3 Å². The molecule has 0 fully saturated rings. The normalized spacial score (nSPS) is 14.5. The van der Waals surface area contributed by atoms with Crippen LogP contribution in [0.25, 0.3) is 10.8 Å². The maximum Gasteiger partial charge on any atom is 0.273 e. The average Bonchev–Trinajstić information content (AvgIpc) is 2.92. The lowest BCUT2D eigenvalue weighted by atomic mass is 10.1. The Bertz CT molecular complexity index is 1070. The Hall–Kier alpha value is -3.12. The van der Waals surface area contributed by atoms with Crippen molar-refractivity contribution in [1.82, 2.24) is 4.31 Å². The van der Waals surface area contributed by atoms with Gasteiger partial charge in [0.1, 0.15) is 16.7 Å². The fraction of sp³-hybridized carbons (Fsp3) is 0.0500. The molecule has 1 unspecified atom stereocenters. The molecule has 1 aliphatic heterocycles. The molecule has 3 aromatic rings. The Morgan fingerprint density at radius 1 is 0.808 bits per heavy atom. The predicted molar refractivity (Wildman–Crippen MR) is 98.2 cm³/mol. The summed E-state index contributed by atoms with van der Waals surface area (Å²) < 4.78 is 13.2. The summed E-state index contributed by atoms with van der Waals surface area (Å²) in [6.45, 7) is 0. The molecule has 4 rings (SSSR count). The third-order valence-electron chi connectivity index (χ3n) is 4.29. The molecule has 128 valence electrons. The number of Topliss-reactive ketones (excluding diaryl/α,β-unsaturated/α-hetero) is 1. The zero-order valence-electron chi connectivity index (χ0n) is 13.5. The van der Waals surface area contributed by atoms with Gasteiger partial charge in [-0.1, -0.05) is 48.5 Å². The van der Waals surface area contributed by atoms with Crippen molar-refractivity contribution in [2.45, 2.75) is 0 Å². The van der Waals surface area contributed by atoms with Crippen molar-refractivity contribution in [1.29, 1.82) is 0 Å². The van der Waals surface area contributed by atoms with E-state index in [1.165, 1.54) is 12.1 Å². The summed E-state index contributed by atoms with van der Waals surface area (Å²) in [5.74, 6) is -2.07. The van der Waals surface area contributed by atoms with Gasteiger partial charge in [-0.2, -0.15) is 4.31 Å². The Labute approximate surface area is 151 Å². The van der Waals surface area contributed by atoms with Crippen molar-refractivity contribution in [2.24, 2.45) is 0 Å². The second-order valence-corrected chi connectivity index (χ2v) is 7.20. The molecule has 0 radical (unpaired) electrons. The van der Waals surface area contributed by atoms with Gasteiger partial charge in [-0.25, -0.2) is 4.21 Å². The standard InChI is InChI=1S/C20H13NO4S/c22-18(15-10-9-13-5-1-2-6-14(13)11-15)12-26(25)21-19(23)16-7-3-4-8-17(16)20(21)24/h1-11H,12H2. The van der Waals surface area contributed by atoms with Crippen LogP contribution in [0.4, 0.5) is 0 Å². The molecule has 26 heavy (non-hydrogen) atoms. The van der Waals surface area contributed by atoms with Crippen molar-refractivity contribution in [3.05, 3.63) is 83.4 Å². The highest BCUT2D eigenvalue weighted by atomic mass is 32.2. The number of hydrogen-bond donors (Lipinski definition) is 0. The van der Waals surface area contributed by atoms with Gasteiger partial charge in [-0.3, -0.25) is 14.4 Å². The Kier molecular flexibility index (Phi) is 3.97. The lowest BCUT2D eigenvalue weighted by Gasteiger charge is -2.12. The molecule has 2 amide bonds. The number of ketones is 1. The quantitative estimate of drug-likeness (QED) is 0.528. The molecule has 6 heteroatoms. The van der Waals surface area contributed by atoms with E-state index in [0.29, 0.717) is 9.87 Å². The summed E-state index contributed by atoms with van der Waals surface area (Å²) in [5.41, 5.74) is 0.821. The Balaban J connectivity index is 1.57. The molecular formula is C20H13NO4S. The molecule has 5 nitrogen and oxygen atoms in total. The molecule has 0 N–H and O–H groups in total. The third kappa shape index (κ3) is 2.64. The molecule has 0 saturated carbocycles. The van der Waals surface area contributed by atoms with Gasteiger partial charge in [0.15, 0.2) is 5.78 Å². The molecule has 0 saturated heterocycles. The zero-order chi connectivity index (χ0) is 18.3. The second kappa shape index (κ2) is 6.31. The number of hydrogen-bond acceptors (Lipinski definition) is 4. The molecule has 1 heterocycles. The van der Waals surface area contributed by atoms with Gasteiger partial charge in [0, 0.05) is 5.56 Å². The van der Waals surface area contributed by atoms with Gasteiger partial charge in [-0.15, -0.1) is 0 Å². The van der Waals surface area contributed by atoms with E-state index in [9.17, 15) is 18.6 Å². The minimum atomic E-state index is -2.06. The molecular weight excluding hydrogens is 350 g/mol. The molecule has 0 aromatic heterocycles. The number of carbonyl (C=O) groups excluding carboxylic acids is 3. The van der Waals surface area contributed by atoms with Gasteiger partial charge in [0.05, 0.1) is 11.1 Å². The van der Waals surface area contributed by atoms with Crippen molar-refractivity contribution < 1.29 is 18.6 Å². The summed E-state index contributed by atoms with van der Waals surface area (Å²) in [6, 6.07) is 19.1. The van der Waals surface area contributed by atoms with Crippen LogP contribution in [0.3, 0.4) is 0 Å². The van der Waals surface area contributed by atoms with E-state index in [-0.39, 0.29) is 16.9 Å². The van der Waals surface area contributed by atoms with Gasteiger partial charge in [-0.05, 0) is 29.0 Å². The largest absolute Gasteiger partial charge is 0.293 e. The highest BCUT2D eigenvalue weighted by molar-refractivity contribution is 7.84. The molecule has 0 bridgehead atoms. The SMILES string of the molecule is O=C(CS(=O)N1C(=O)c2ccccc2C1=O)c1ccc2ccccc2c1. The van der Waals surface area contributed by atoms with Gasteiger partial charge >= 0.3 is 0 Å². The van der Waals surface area contributed by atoms with Crippen LogP contribution in [0, 0.1) is 0 Å². The number of nitrogens with zero attached hydrogens (tertiary/aromatic N) is 1. The fourth-order valence-corrected chi connectivity index (χ4v) is 4.06. The van der Waals surface area contributed by atoms with Crippen LogP contribution in [0.15, 0.2) is 66.7 Å². The van der Waals surface area contributed by atoms with Crippen LogP contribution in [0.5, 0.6) is 0 Å². The lowest BCUT2D eigenvalue weighted by molar-refractivity contribution is 0.0771. The van der Waals surface area contributed by atoms with E-state index in [0.717, 1.165) is 10.8 Å². The Morgan fingerprint density at radius 3 is 2.04 bits per heavy atom. The van der Waals surface area contributed by atoms with Crippen LogP contribution in [-0.4, -0.2) is 31.9 Å². The van der Waals surface area contributed by atoms with Crippen LogP contribution in [0.2, 0.25) is 0 Å². The smallest absolute Gasteiger partial charge is 0.273 e. The minimum absolute atomic E-state index is 0.212. The number of imide groups is 1. The van der Waals surface area contributed by atoms with E-state index >= 15 is 0 Å². The first kappa shape index (κ1) is 16.4. The summed E-state index contributed by atoms with van der Waals surface area (Å²) in [5, 5.41) is 1.88. The minimum Gasteiger partial charge on any atom is -0.293 e. The van der Waals surface area contributed by atoms with E-state index in [2.05, 4.69) is 0 Å². The summed E-state index contributed by atoms with van der Waals surface area (Å²) in [4.78, 5) is 37.2. The third-order valence-corrected chi connectivity index (χ3v) is 5.53. The number of fused-ring (bicyclic) bond motifs is 2. The van der Waals surface area contributed by atoms with Crippen molar-refractivity contribution in [3.63, 3.8) is 0 Å². The Morgan fingerprint density at radius 2 is 1.38 bits per heavy atom. The highest BCUT2D eigenvalue weighted by Gasteiger charge is 2.39. The monoisotopic (exact) mass is 363 g/mol. The van der Waals surface area contributed by atoms with Crippen LogP contribution in [-0.2, 0) is 11.0 Å². The molecule has 0 spiro atoms. The lowest BCUT2D eigenvalue weighted by Crippen LogP contribution is -2.35.